The van der Waals surface area contributed by atoms with Crippen molar-refractivity contribution in [1.82, 2.24) is 15.1 Å². The molecule has 6 nitrogen and oxygen atoms in total. The Labute approximate surface area is 206 Å². The van der Waals surface area contributed by atoms with Gasteiger partial charge in [-0.05, 0) is 44.9 Å². The first kappa shape index (κ1) is 28.6. The van der Waals surface area contributed by atoms with Gasteiger partial charge in [0.1, 0.15) is 6.10 Å². The monoisotopic (exact) mass is 572 g/mol. The minimum atomic E-state index is -4.16. The second-order valence-electron chi connectivity index (χ2n) is 7.82. The molecule has 32 heavy (non-hydrogen) atoms. The van der Waals surface area contributed by atoms with Crippen LogP contribution in [0.1, 0.15) is 27.2 Å². The molecule has 0 amide bonds. The van der Waals surface area contributed by atoms with Crippen LogP contribution in [0.2, 0.25) is 0 Å². The maximum Gasteiger partial charge on any atom is 0.401 e. The van der Waals surface area contributed by atoms with Crippen molar-refractivity contribution in [3.8, 4) is 11.5 Å². The Morgan fingerprint density at radius 3 is 2.56 bits per heavy atom. The number of benzene rings is 1. The van der Waals surface area contributed by atoms with E-state index >= 15 is 0 Å². The summed E-state index contributed by atoms with van der Waals surface area (Å²) < 4.78 is 49.5. The molecule has 1 heterocycles. The van der Waals surface area contributed by atoms with Crippen molar-refractivity contribution >= 4 is 29.9 Å². The van der Waals surface area contributed by atoms with Gasteiger partial charge in [-0.1, -0.05) is 19.1 Å². The van der Waals surface area contributed by atoms with E-state index in [1.54, 1.807) is 14.0 Å². The molecule has 2 rings (SSSR count). The lowest BCUT2D eigenvalue weighted by molar-refractivity contribution is -0.146. The van der Waals surface area contributed by atoms with Crippen molar-refractivity contribution in [2.24, 2.45) is 10.9 Å². The lowest BCUT2D eigenvalue weighted by atomic mass is 10.1. The molecule has 1 saturated heterocycles. The van der Waals surface area contributed by atoms with Gasteiger partial charge in [0, 0.05) is 26.2 Å². The second kappa shape index (κ2) is 14.0. The van der Waals surface area contributed by atoms with Crippen LogP contribution in [0.5, 0.6) is 11.5 Å². The third kappa shape index (κ3) is 9.60. The van der Waals surface area contributed by atoms with Crippen LogP contribution in [0.15, 0.2) is 29.3 Å². The molecular formula is C22H36F3IN4O2. The minimum absolute atomic E-state index is 0. The Kier molecular flexibility index (Phi) is 12.5. The highest BCUT2D eigenvalue weighted by molar-refractivity contribution is 14.0. The molecule has 1 aromatic rings. The number of likely N-dealkylation sites (tertiary alicyclic amines) is 1. The van der Waals surface area contributed by atoms with Crippen LogP contribution in [0.25, 0.3) is 0 Å². The summed E-state index contributed by atoms with van der Waals surface area (Å²) in [6.07, 6.45) is -3.47. The molecule has 0 saturated carbocycles. The average molecular weight is 572 g/mol. The summed E-state index contributed by atoms with van der Waals surface area (Å²) in [5, 5.41) is 3.29. The van der Waals surface area contributed by atoms with Crippen LogP contribution >= 0.6 is 24.0 Å². The largest absolute Gasteiger partial charge is 0.493 e. The predicted molar refractivity (Wildman–Crippen MR) is 132 cm³/mol. The highest BCUT2D eigenvalue weighted by atomic mass is 127. The van der Waals surface area contributed by atoms with Crippen molar-refractivity contribution in [2.45, 2.75) is 39.5 Å². The number of hydrogen-bond donors (Lipinski definition) is 1. The Bertz CT molecular complexity index is 706. The average Bonchev–Trinajstić information content (AvgIpc) is 3.18. The SMILES string of the molecule is CCNC(=NCC(C)Oc1ccccc1OC)N1CCC(CN(CC)CC(F)(F)F)C1.I. The van der Waals surface area contributed by atoms with E-state index < -0.39 is 12.7 Å². The molecule has 10 heteroatoms. The molecular weight excluding hydrogens is 536 g/mol. The number of alkyl halides is 3. The normalized spacial score (nSPS) is 17.8. The molecule has 0 radical (unpaired) electrons. The molecule has 0 aromatic heterocycles. The first-order valence-electron chi connectivity index (χ1n) is 10.9. The Morgan fingerprint density at radius 2 is 1.97 bits per heavy atom. The van der Waals surface area contributed by atoms with Gasteiger partial charge in [-0.15, -0.1) is 24.0 Å². The molecule has 1 aliphatic rings. The van der Waals surface area contributed by atoms with Gasteiger partial charge in [-0.2, -0.15) is 13.2 Å². The third-order valence-electron chi connectivity index (χ3n) is 5.18. The quantitative estimate of drug-likeness (QED) is 0.258. The number of hydrogen-bond acceptors (Lipinski definition) is 4. The van der Waals surface area contributed by atoms with E-state index in [9.17, 15) is 13.2 Å². The summed E-state index contributed by atoms with van der Waals surface area (Å²) in [7, 11) is 1.60. The van der Waals surface area contributed by atoms with Crippen LogP contribution in [0, 0.1) is 5.92 Å². The number of ether oxygens (including phenoxy) is 2. The molecule has 184 valence electrons. The zero-order valence-corrected chi connectivity index (χ0v) is 21.7. The lowest BCUT2D eigenvalue weighted by Gasteiger charge is -2.26. The highest BCUT2D eigenvalue weighted by Gasteiger charge is 2.33. The number of guanidine groups is 1. The topological polar surface area (TPSA) is 49.3 Å². The van der Waals surface area contributed by atoms with Crippen molar-refractivity contribution in [1.29, 1.82) is 0 Å². The van der Waals surface area contributed by atoms with Crippen LogP contribution in [-0.4, -0.2) is 81.0 Å². The summed E-state index contributed by atoms with van der Waals surface area (Å²) >= 11 is 0. The zero-order valence-electron chi connectivity index (χ0n) is 19.3. The molecule has 0 spiro atoms. The number of rotatable bonds is 10. The van der Waals surface area contributed by atoms with E-state index in [4.69, 9.17) is 14.5 Å². The summed E-state index contributed by atoms with van der Waals surface area (Å²) in [5.74, 6) is 2.31. The molecule has 1 aromatic carbocycles. The fraction of sp³-hybridized carbons (Fsp3) is 0.682. The maximum atomic E-state index is 12.8. The third-order valence-corrected chi connectivity index (χ3v) is 5.18. The van der Waals surface area contributed by atoms with Gasteiger partial charge in [0.05, 0.1) is 20.2 Å². The molecule has 1 aliphatic heterocycles. The minimum Gasteiger partial charge on any atom is -0.493 e. The summed E-state index contributed by atoms with van der Waals surface area (Å²) in [6, 6.07) is 7.48. The maximum absolute atomic E-state index is 12.8. The standard InChI is InChI=1S/C22H35F3N4O2.HI/c1-5-26-21(27-13-17(3)31-20-10-8-7-9-19(20)30-4)29-12-11-18(15-29)14-28(6-2)16-22(23,24)25;/h7-10,17-18H,5-6,11-16H2,1-4H3,(H,26,27);1H. The number of nitrogens with zero attached hydrogens (tertiary/aromatic N) is 3. The van der Waals surface area contributed by atoms with Crippen LogP contribution in [-0.2, 0) is 0 Å². The lowest BCUT2D eigenvalue weighted by Crippen LogP contribution is -2.42. The van der Waals surface area contributed by atoms with Crippen LogP contribution in [0.4, 0.5) is 13.2 Å². The zero-order chi connectivity index (χ0) is 22.9. The van der Waals surface area contributed by atoms with E-state index in [-0.39, 0.29) is 36.0 Å². The van der Waals surface area contributed by atoms with Gasteiger partial charge in [0.25, 0.3) is 0 Å². The number of halogens is 4. The van der Waals surface area contributed by atoms with Crippen LogP contribution in [0.3, 0.4) is 0 Å². The smallest absolute Gasteiger partial charge is 0.401 e. The van der Waals surface area contributed by atoms with Gasteiger partial charge >= 0.3 is 6.18 Å². The number of para-hydroxylation sites is 2. The molecule has 1 fully saturated rings. The van der Waals surface area contributed by atoms with Gasteiger partial charge in [-0.3, -0.25) is 4.90 Å². The fourth-order valence-electron chi connectivity index (χ4n) is 3.71. The number of methoxy groups -OCH3 is 1. The fourth-order valence-corrected chi connectivity index (χ4v) is 3.71. The summed E-state index contributed by atoms with van der Waals surface area (Å²) in [5.41, 5.74) is 0. The molecule has 2 unspecified atom stereocenters. The predicted octanol–water partition coefficient (Wildman–Crippen LogP) is 4.25. The molecule has 1 N–H and O–H groups in total. The van der Waals surface area contributed by atoms with Crippen molar-refractivity contribution in [2.75, 3.05) is 52.9 Å². The van der Waals surface area contributed by atoms with Crippen LogP contribution < -0.4 is 14.8 Å². The highest BCUT2D eigenvalue weighted by Crippen LogP contribution is 2.27. The first-order valence-corrected chi connectivity index (χ1v) is 10.9. The molecule has 0 aliphatic carbocycles. The molecule has 0 bridgehead atoms. The summed E-state index contributed by atoms with van der Waals surface area (Å²) in [6.45, 7) is 8.35. The van der Waals surface area contributed by atoms with E-state index in [0.29, 0.717) is 37.7 Å². The van der Waals surface area contributed by atoms with E-state index in [1.165, 1.54) is 4.90 Å². The number of nitrogens with one attached hydrogen (secondary N) is 1. The van der Waals surface area contributed by atoms with Gasteiger partial charge in [-0.25, -0.2) is 4.99 Å². The van der Waals surface area contributed by atoms with Gasteiger partial charge < -0.3 is 19.7 Å². The van der Waals surface area contributed by atoms with E-state index in [2.05, 4.69) is 10.2 Å². The second-order valence-corrected chi connectivity index (χ2v) is 7.82. The Balaban J connectivity index is 0.00000512. The van der Waals surface area contributed by atoms with Crippen molar-refractivity contribution in [3.05, 3.63) is 24.3 Å². The first-order chi connectivity index (χ1) is 14.8. The van der Waals surface area contributed by atoms with Gasteiger partial charge in [0.15, 0.2) is 17.5 Å². The Hall–Kier alpha value is -1.43. The van der Waals surface area contributed by atoms with E-state index in [1.807, 2.05) is 38.1 Å². The molecule has 2 atom stereocenters. The van der Waals surface area contributed by atoms with Crippen molar-refractivity contribution < 1.29 is 22.6 Å². The number of aliphatic imine (C=N–C) groups is 1. The Morgan fingerprint density at radius 1 is 1.28 bits per heavy atom. The van der Waals surface area contributed by atoms with Crippen molar-refractivity contribution in [3.63, 3.8) is 0 Å². The van der Waals surface area contributed by atoms with Gasteiger partial charge in [0.2, 0.25) is 0 Å². The van der Waals surface area contributed by atoms with E-state index in [0.717, 1.165) is 25.5 Å². The summed E-state index contributed by atoms with van der Waals surface area (Å²) in [4.78, 5) is 8.32.